The van der Waals surface area contributed by atoms with Crippen LogP contribution in [0.5, 0.6) is 0 Å². The van der Waals surface area contributed by atoms with Crippen molar-refractivity contribution in [2.75, 3.05) is 20.6 Å². The summed E-state index contributed by atoms with van der Waals surface area (Å²) in [6, 6.07) is -1.58. The molecule has 1 saturated heterocycles. The number of carboxylic acids is 1. The Labute approximate surface area is 170 Å². The Morgan fingerprint density at radius 2 is 2.00 bits per heavy atom. The predicted molar refractivity (Wildman–Crippen MR) is 107 cm³/mol. The van der Waals surface area contributed by atoms with Gasteiger partial charge in [-0.15, -0.1) is 11.3 Å². The molecule has 0 aromatic carbocycles. The van der Waals surface area contributed by atoms with Gasteiger partial charge in [-0.1, -0.05) is 27.7 Å². The van der Waals surface area contributed by atoms with Gasteiger partial charge in [-0.25, -0.2) is 14.6 Å². The quantitative estimate of drug-likeness (QED) is 0.662. The van der Waals surface area contributed by atoms with Gasteiger partial charge in [0.1, 0.15) is 17.6 Å². The normalized spacial score (nSPS) is 17.5. The summed E-state index contributed by atoms with van der Waals surface area (Å²) in [5, 5.41) is 12.5. The van der Waals surface area contributed by atoms with E-state index >= 15 is 0 Å². The molecule has 1 aromatic heterocycles. The average Bonchev–Trinajstić information content (AvgIpc) is 3.05. The lowest BCUT2D eigenvalue weighted by Gasteiger charge is -2.32. The van der Waals surface area contributed by atoms with E-state index in [-0.39, 0.29) is 30.3 Å². The molecular weight excluding hydrogens is 380 g/mol. The van der Waals surface area contributed by atoms with Crippen LogP contribution >= 0.6 is 11.3 Å². The first kappa shape index (κ1) is 22.3. The number of carbonyl (C=O) groups excluding carboxylic acids is 2. The maximum Gasteiger partial charge on any atom is 0.328 e. The van der Waals surface area contributed by atoms with Gasteiger partial charge in [-0.2, -0.15) is 0 Å². The van der Waals surface area contributed by atoms with Crippen LogP contribution in [0.4, 0.5) is 4.79 Å². The standard InChI is InChI=1S/C19H30N4O4S/c1-12(7-19(2,3)4)16(17(25)26)23-10-15(24)22(18(23)27)8-13-11-28-14(20-13)9-21(5)6/h11-12,16H,7-10H2,1-6H3,(H,25,26)/t12?,16-/m0/s1. The molecule has 2 rings (SSSR count). The SMILES string of the molecule is CC(CC(C)(C)C)[C@@H](C(=O)O)N1CC(=O)N(Cc2csc(CN(C)C)n2)C1=O. The second kappa shape index (κ2) is 8.57. The van der Waals surface area contributed by atoms with Gasteiger partial charge in [-0.05, 0) is 31.8 Å². The minimum atomic E-state index is -1.08. The summed E-state index contributed by atoms with van der Waals surface area (Å²) in [5.41, 5.74) is 0.559. The summed E-state index contributed by atoms with van der Waals surface area (Å²) in [4.78, 5) is 46.0. The van der Waals surface area contributed by atoms with Crippen LogP contribution < -0.4 is 0 Å². The van der Waals surface area contributed by atoms with Crippen LogP contribution in [-0.2, 0) is 22.7 Å². The van der Waals surface area contributed by atoms with E-state index < -0.39 is 18.0 Å². The second-order valence-corrected chi connectivity index (χ2v) is 9.83. The number of hydrogen-bond acceptors (Lipinski definition) is 6. The lowest BCUT2D eigenvalue weighted by molar-refractivity contribution is -0.144. The molecular formula is C19H30N4O4S. The smallest absolute Gasteiger partial charge is 0.328 e. The number of carboxylic acid groups (broad SMARTS) is 1. The Hall–Kier alpha value is -2.00. The van der Waals surface area contributed by atoms with Crippen molar-refractivity contribution in [3.05, 3.63) is 16.1 Å². The summed E-state index contributed by atoms with van der Waals surface area (Å²) in [5.74, 6) is -1.75. The zero-order valence-electron chi connectivity index (χ0n) is 17.4. The molecule has 1 aromatic rings. The van der Waals surface area contributed by atoms with E-state index in [9.17, 15) is 19.5 Å². The van der Waals surface area contributed by atoms with Gasteiger partial charge >= 0.3 is 12.0 Å². The monoisotopic (exact) mass is 410 g/mol. The van der Waals surface area contributed by atoms with Crippen LogP contribution in [0.1, 0.15) is 44.8 Å². The van der Waals surface area contributed by atoms with E-state index in [1.165, 1.54) is 16.2 Å². The summed E-state index contributed by atoms with van der Waals surface area (Å²) in [6.45, 7) is 8.44. The van der Waals surface area contributed by atoms with Gasteiger partial charge in [0.15, 0.2) is 0 Å². The highest BCUT2D eigenvalue weighted by Crippen LogP contribution is 2.30. The van der Waals surface area contributed by atoms with Gasteiger partial charge in [0.05, 0.1) is 12.2 Å². The van der Waals surface area contributed by atoms with Crippen LogP contribution in [0.2, 0.25) is 0 Å². The third-order valence-corrected chi connectivity index (χ3v) is 5.40. The topological polar surface area (TPSA) is 94.1 Å². The second-order valence-electron chi connectivity index (χ2n) is 8.89. The van der Waals surface area contributed by atoms with Crippen molar-refractivity contribution < 1.29 is 19.5 Å². The molecule has 3 amide bonds. The largest absolute Gasteiger partial charge is 0.480 e. The molecule has 2 atom stereocenters. The molecule has 0 bridgehead atoms. The van der Waals surface area contributed by atoms with Crippen molar-refractivity contribution >= 4 is 29.2 Å². The van der Waals surface area contributed by atoms with E-state index in [1.54, 1.807) is 0 Å². The molecule has 1 aliphatic rings. The number of carbonyl (C=O) groups is 3. The van der Waals surface area contributed by atoms with Gasteiger partial charge in [0.2, 0.25) is 0 Å². The van der Waals surface area contributed by atoms with Crippen molar-refractivity contribution in [1.29, 1.82) is 0 Å². The van der Waals surface area contributed by atoms with Crippen LogP contribution in [0, 0.1) is 11.3 Å². The van der Waals surface area contributed by atoms with Crippen molar-refractivity contribution in [2.45, 2.75) is 53.2 Å². The van der Waals surface area contributed by atoms with Gasteiger partial charge < -0.3 is 14.9 Å². The zero-order valence-corrected chi connectivity index (χ0v) is 18.2. The van der Waals surface area contributed by atoms with E-state index in [0.29, 0.717) is 18.7 Å². The first-order chi connectivity index (χ1) is 12.9. The Balaban J connectivity index is 2.14. The zero-order chi connectivity index (χ0) is 21.2. The molecule has 9 heteroatoms. The lowest BCUT2D eigenvalue weighted by Crippen LogP contribution is -2.48. The number of aromatic nitrogens is 1. The number of aliphatic carboxylic acids is 1. The van der Waals surface area contributed by atoms with Crippen LogP contribution in [0.15, 0.2) is 5.38 Å². The molecule has 156 valence electrons. The van der Waals surface area contributed by atoms with Gasteiger partial charge in [0, 0.05) is 11.9 Å². The molecule has 2 heterocycles. The maximum atomic E-state index is 12.9. The summed E-state index contributed by atoms with van der Waals surface area (Å²) in [6.07, 6.45) is 0.627. The highest BCUT2D eigenvalue weighted by Gasteiger charge is 2.45. The molecule has 1 aliphatic heterocycles. The van der Waals surface area contributed by atoms with E-state index in [1.807, 2.05) is 52.1 Å². The molecule has 0 aliphatic carbocycles. The number of thiazole rings is 1. The molecule has 1 N–H and O–H groups in total. The van der Waals surface area contributed by atoms with Crippen molar-refractivity contribution in [3.63, 3.8) is 0 Å². The molecule has 8 nitrogen and oxygen atoms in total. The summed E-state index contributed by atoms with van der Waals surface area (Å²) in [7, 11) is 3.88. The average molecular weight is 411 g/mol. The third-order valence-electron chi connectivity index (χ3n) is 4.52. The van der Waals surface area contributed by atoms with Crippen LogP contribution in [0.3, 0.4) is 0 Å². The van der Waals surface area contributed by atoms with Gasteiger partial charge in [-0.3, -0.25) is 9.69 Å². The number of nitrogens with zero attached hydrogens (tertiary/aromatic N) is 4. The summed E-state index contributed by atoms with van der Waals surface area (Å²) < 4.78 is 0. The predicted octanol–water partition coefficient (Wildman–Crippen LogP) is 2.49. The Kier molecular flexibility index (Phi) is 6.82. The summed E-state index contributed by atoms with van der Waals surface area (Å²) >= 11 is 1.48. The Morgan fingerprint density at radius 1 is 1.36 bits per heavy atom. The number of amides is 3. The Morgan fingerprint density at radius 3 is 2.54 bits per heavy atom. The van der Waals surface area contributed by atoms with Gasteiger partial charge in [0.25, 0.3) is 5.91 Å². The number of hydrogen-bond donors (Lipinski definition) is 1. The highest BCUT2D eigenvalue weighted by molar-refractivity contribution is 7.09. The minimum absolute atomic E-state index is 0.0675. The lowest BCUT2D eigenvalue weighted by atomic mass is 9.82. The van der Waals surface area contributed by atoms with Crippen molar-refractivity contribution in [3.8, 4) is 0 Å². The number of rotatable bonds is 8. The molecule has 1 fully saturated rings. The highest BCUT2D eigenvalue weighted by atomic mass is 32.1. The molecule has 1 unspecified atom stereocenters. The van der Waals surface area contributed by atoms with Crippen LogP contribution in [-0.4, -0.2) is 69.4 Å². The fraction of sp³-hybridized carbons (Fsp3) is 0.684. The van der Waals surface area contributed by atoms with E-state index in [0.717, 1.165) is 9.91 Å². The number of imide groups is 1. The first-order valence-electron chi connectivity index (χ1n) is 9.31. The van der Waals surface area contributed by atoms with Crippen molar-refractivity contribution in [2.24, 2.45) is 11.3 Å². The Bertz CT molecular complexity index is 741. The van der Waals surface area contributed by atoms with Crippen LogP contribution in [0.25, 0.3) is 0 Å². The number of urea groups is 1. The van der Waals surface area contributed by atoms with E-state index in [2.05, 4.69) is 4.98 Å². The minimum Gasteiger partial charge on any atom is -0.480 e. The van der Waals surface area contributed by atoms with E-state index in [4.69, 9.17) is 0 Å². The fourth-order valence-corrected chi connectivity index (χ4v) is 4.52. The maximum absolute atomic E-state index is 12.9. The van der Waals surface area contributed by atoms with Crippen molar-refractivity contribution in [1.82, 2.24) is 19.7 Å². The third kappa shape index (κ3) is 5.51. The molecule has 0 saturated carbocycles. The first-order valence-corrected chi connectivity index (χ1v) is 10.2. The fourth-order valence-electron chi connectivity index (χ4n) is 3.62. The molecule has 0 spiro atoms. The molecule has 0 radical (unpaired) electrons. The molecule has 28 heavy (non-hydrogen) atoms.